The molecule has 0 radical (unpaired) electrons. The molecule has 1 aromatic rings. The minimum Gasteiger partial charge on any atom is -0.454 e. The normalized spacial score (nSPS) is 9.50. The number of Topliss-reactive ketones (excluding diaryl/α,β-unsaturated/α-hetero) is 1. The van der Waals surface area contributed by atoms with Gasteiger partial charge in [0.25, 0.3) is 0 Å². The molecule has 0 aliphatic rings. The van der Waals surface area contributed by atoms with Crippen LogP contribution in [0.3, 0.4) is 0 Å². The minimum atomic E-state index is -1.27. The maximum atomic E-state index is 11.5. The average Bonchev–Trinajstić information content (AvgIpc) is 2.47. The molecule has 14 heavy (non-hydrogen) atoms. The Bertz CT molecular complexity index is 436. The molecule has 4 nitrogen and oxygen atoms in total. The lowest BCUT2D eigenvalue weighted by Gasteiger charge is -1.96. The maximum absolute atomic E-state index is 11.5. The first-order valence-corrected chi connectivity index (χ1v) is 4.48. The van der Waals surface area contributed by atoms with Crippen LogP contribution in [-0.4, -0.2) is 5.78 Å². The third kappa shape index (κ3) is 1.84. The smallest absolute Gasteiger partial charge is 0.197 e. The number of ketones is 1. The fourth-order valence-electron chi connectivity index (χ4n) is 0.992. The standard InChI is InChI=1S/C9H5BrN2O2/c1-5-7(2-8(10)14-5)9(13)6(3-11)4-12/h2,6H,1H3. The first-order chi connectivity index (χ1) is 6.60. The fraction of sp³-hybridized carbons (Fsp3) is 0.222. The Labute approximate surface area is 88.9 Å². The van der Waals surface area contributed by atoms with Gasteiger partial charge in [0, 0.05) is 6.07 Å². The van der Waals surface area contributed by atoms with Crippen molar-refractivity contribution in [2.45, 2.75) is 6.92 Å². The van der Waals surface area contributed by atoms with Crippen LogP contribution in [0.4, 0.5) is 0 Å². The molecule has 0 saturated heterocycles. The molecule has 0 unspecified atom stereocenters. The van der Waals surface area contributed by atoms with Gasteiger partial charge in [0.1, 0.15) is 5.76 Å². The van der Waals surface area contributed by atoms with Crippen LogP contribution in [0.2, 0.25) is 0 Å². The van der Waals surface area contributed by atoms with Crippen molar-refractivity contribution in [3.8, 4) is 12.1 Å². The summed E-state index contributed by atoms with van der Waals surface area (Å²) in [6, 6.07) is 4.70. The number of hydrogen-bond acceptors (Lipinski definition) is 4. The Morgan fingerprint density at radius 1 is 1.57 bits per heavy atom. The van der Waals surface area contributed by atoms with E-state index in [0.717, 1.165) is 0 Å². The molecule has 0 aliphatic carbocycles. The van der Waals surface area contributed by atoms with Gasteiger partial charge in [0.15, 0.2) is 16.4 Å². The molecular weight excluding hydrogens is 248 g/mol. The average molecular weight is 253 g/mol. The zero-order chi connectivity index (χ0) is 10.7. The van der Waals surface area contributed by atoms with E-state index >= 15 is 0 Å². The summed E-state index contributed by atoms with van der Waals surface area (Å²) in [6.45, 7) is 1.60. The van der Waals surface area contributed by atoms with Gasteiger partial charge < -0.3 is 4.42 Å². The molecule has 0 bridgehead atoms. The second-order valence-corrected chi connectivity index (χ2v) is 3.36. The first kappa shape index (κ1) is 10.5. The van der Waals surface area contributed by atoms with Gasteiger partial charge in [-0.2, -0.15) is 10.5 Å². The van der Waals surface area contributed by atoms with Gasteiger partial charge in [-0.15, -0.1) is 0 Å². The largest absolute Gasteiger partial charge is 0.454 e. The maximum Gasteiger partial charge on any atom is 0.197 e. The van der Waals surface area contributed by atoms with Crippen molar-refractivity contribution in [1.29, 1.82) is 10.5 Å². The molecule has 1 rings (SSSR count). The van der Waals surface area contributed by atoms with E-state index in [-0.39, 0.29) is 5.56 Å². The van der Waals surface area contributed by atoms with Crippen LogP contribution < -0.4 is 0 Å². The molecule has 0 aromatic carbocycles. The molecule has 0 fully saturated rings. The Hall–Kier alpha value is -1.59. The Balaban J connectivity index is 3.08. The zero-order valence-corrected chi connectivity index (χ0v) is 8.83. The van der Waals surface area contributed by atoms with Gasteiger partial charge >= 0.3 is 0 Å². The van der Waals surface area contributed by atoms with Crippen molar-refractivity contribution in [2.24, 2.45) is 5.92 Å². The lowest BCUT2D eigenvalue weighted by Crippen LogP contribution is -2.10. The minimum absolute atomic E-state index is 0.268. The number of rotatable bonds is 2. The first-order valence-electron chi connectivity index (χ1n) is 3.69. The predicted octanol–water partition coefficient (Wildman–Crippen LogP) is 2.20. The van der Waals surface area contributed by atoms with Crippen molar-refractivity contribution < 1.29 is 9.21 Å². The number of nitrogens with zero attached hydrogens (tertiary/aromatic N) is 2. The fourth-order valence-corrected chi connectivity index (χ4v) is 1.46. The van der Waals surface area contributed by atoms with Gasteiger partial charge in [-0.3, -0.25) is 4.79 Å². The van der Waals surface area contributed by atoms with Crippen LogP contribution in [-0.2, 0) is 0 Å². The van der Waals surface area contributed by atoms with E-state index in [4.69, 9.17) is 14.9 Å². The number of hydrogen-bond donors (Lipinski definition) is 0. The highest BCUT2D eigenvalue weighted by Gasteiger charge is 2.23. The van der Waals surface area contributed by atoms with E-state index in [2.05, 4.69) is 15.9 Å². The molecule has 0 N–H and O–H groups in total. The highest BCUT2D eigenvalue weighted by atomic mass is 79.9. The van der Waals surface area contributed by atoms with E-state index in [0.29, 0.717) is 10.4 Å². The quantitative estimate of drug-likeness (QED) is 0.757. The van der Waals surface area contributed by atoms with Gasteiger partial charge in [0.2, 0.25) is 0 Å². The van der Waals surface area contributed by atoms with Crippen LogP contribution in [0.25, 0.3) is 0 Å². The van der Waals surface area contributed by atoms with Crippen LogP contribution >= 0.6 is 15.9 Å². The summed E-state index contributed by atoms with van der Waals surface area (Å²) in [5.74, 6) is -1.39. The molecule has 5 heteroatoms. The molecular formula is C9H5BrN2O2. The summed E-state index contributed by atoms with van der Waals surface area (Å²) >= 11 is 3.06. The van der Waals surface area contributed by atoms with Crippen LogP contribution in [0, 0.1) is 35.5 Å². The Morgan fingerprint density at radius 3 is 2.50 bits per heavy atom. The van der Waals surface area contributed by atoms with E-state index in [1.54, 1.807) is 19.1 Å². The molecule has 0 spiro atoms. The lowest BCUT2D eigenvalue weighted by atomic mass is 10.0. The van der Waals surface area contributed by atoms with Crippen molar-refractivity contribution in [3.05, 3.63) is 22.1 Å². The number of aryl methyl sites for hydroxylation is 1. The summed E-state index contributed by atoms with van der Waals surface area (Å²) in [6.07, 6.45) is 0. The summed E-state index contributed by atoms with van der Waals surface area (Å²) in [7, 11) is 0. The van der Waals surface area contributed by atoms with E-state index < -0.39 is 11.7 Å². The SMILES string of the molecule is Cc1oc(Br)cc1C(=O)C(C#N)C#N. The van der Waals surface area contributed by atoms with Crippen LogP contribution in [0.1, 0.15) is 16.1 Å². The lowest BCUT2D eigenvalue weighted by molar-refractivity contribution is 0.0969. The van der Waals surface area contributed by atoms with E-state index in [1.807, 2.05) is 0 Å². The molecule has 1 heterocycles. The molecule has 0 atom stereocenters. The topological polar surface area (TPSA) is 77.8 Å². The van der Waals surface area contributed by atoms with Gasteiger partial charge in [-0.05, 0) is 22.9 Å². The van der Waals surface area contributed by atoms with E-state index in [1.165, 1.54) is 6.07 Å². The van der Waals surface area contributed by atoms with Crippen molar-refractivity contribution >= 4 is 21.7 Å². The third-order valence-corrected chi connectivity index (χ3v) is 2.06. The van der Waals surface area contributed by atoms with Gasteiger partial charge in [-0.25, -0.2) is 0 Å². The highest BCUT2D eigenvalue weighted by molar-refractivity contribution is 9.10. The second-order valence-electron chi connectivity index (χ2n) is 2.58. The van der Waals surface area contributed by atoms with Crippen LogP contribution in [0.15, 0.2) is 15.2 Å². The Morgan fingerprint density at radius 2 is 2.14 bits per heavy atom. The molecule has 0 amide bonds. The second kappa shape index (κ2) is 4.08. The summed E-state index contributed by atoms with van der Waals surface area (Å²) in [5.41, 5.74) is 0.268. The molecule has 0 saturated carbocycles. The molecule has 70 valence electrons. The van der Waals surface area contributed by atoms with Gasteiger partial charge in [-0.1, -0.05) is 0 Å². The predicted molar refractivity (Wildman–Crippen MR) is 50.2 cm³/mol. The summed E-state index contributed by atoms with van der Waals surface area (Å²) in [5, 5.41) is 17.0. The molecule has 1 aromatic heterocycles. The highest BCUT2D eigenvalue weighted by Crippen LogP contribution is 2.21. The van der Waals surface area contributed by atoms with Crippen molar-refractivity contribution in [2.75, 3.05) is 0 Å². The number of nitriles is 2. The monoisotopic (exact) mass is 252 g/mol. The summed E-state index contributed by atoms with van der Waals surface area (Å²) < 4.78 is 5.46. The van der Waals surface area contributed by atoms with Crippen molar-refractivity contribution in [1.82, 2.24) is 0 Å². The summed E-state index contributed by atoms with van der Waals surface area (Å²) in [4.78, 5) is 11.5. The van der Waals surface area contributed by atoms with Gasteiger partial charge in [0.05, 0.1) is 17.7 Å². The third-order valence-electron chi connectivity index (χ3n) is 1.67. The molecule has 0 aliphatic heterocycles. The zero-order valence-electron chi connectivity index (χ0n) is 7.24. The van der Waals surface area contributed by atoms with Crippen molar-refractivity contribution in [3.63, 3.8) is 0 Å². The number of carbonyl (C=O) groups excluding carboxylic acids is 1. The van der Waals surface area contributed by atoms with Crippen LogP contribution in [0.5, 0.6) is 0 Å². The number of carbonyl (C=O) groups is 1. The number of halogens is 1. The Kier molecular flexibility index (Phi) is 3.06. The number of furan rings is 1. The van der Waals surface area contributed by atoms with E-state index in [9.17, 15) is 4.79 Å².